The molecule has 0 spiro atoms. The van der Waals surface area contributed by atoms with E-state index in [1.54, 1.807) is 12.1 Å². The molecule has 1 heterocycles. The van der Waals surface area contributed by atoms with E-state index in [1.165, 1.54) is 12.1 Å². The van der Waals surface area contributed by atoms with Crippen LogP contribution >= 0.6 is 0 Å². The Morgan fingerprint density at radius 2 is 1.91 bits per heavy atom. The zero-order chi connectivity index (χ0) is 17.0. The number of halogens is 1. The standard InChI is InChI=1S/C18H23FN2O2/c1-12-15(23-17(21-12)18(2,3)4)11-16(22)20-10-9-13-5-7-14(19)8-6-13/h5-8H,9-11H2,1-4H3,(H,20,22). The molecule has 0 saturated carbocycles. The first-order chi connectivity index (χ1) is 10.8. The molecule has 124 valence electrons. The van der Waals surface area contributed by atoms with Crippen LogP contribution in [-0.2, 0) is 23.1 Å². The molecule has 1 aromatic carbocycles. The Labute approximate surface area is 136 Å². The third kappa shape index (κ3) is 4.91. The largest absolute Gasteiger partial charge is 0.444 e. The number of hydrogen-bond acceptors (Lipinski definition) is 3. The number of amides is 1. The van der Waals surface area contributed by atoms with E-state index in [1.807, 2.05) is 27.7 Å². The van der Waals surface area contributed by atoms with E-state index in [0.717, 1.165) is 11.3 Å². The van der Waals surface area contributed by atoms with E-state index in [9.17, 15) is 9.18 Å². The van der Waals surface area contributed by atoms with Crippen LogP contribution in [-0.4, -0.2) is 17.4 Å². The van der Waals surface area contributed by atoms with Crippen molar-refractivity contribution in [2.45, 2.75) is 46.0 Å². The summed E-state index contributed by atoms with van der Waals surface area (Å²) in [6, 6.07) is 6.28. The Hall–Kier alpha value is -2.17. The normalized spacial score (nSPS) is 11.5. The van der Waals surface area contributed by atoms with Gasteiger partial charge in [-0.25, -0.2) is 9.37 Å². The van der Waals surface area contributed by atoms with Crippen LogP contribution in [0.1, 0.15) is 43.7 Å². The van der Waals surface area contributed by atoms with Crippen LogP contribution in [0.5, 0.6) is 0 Å². The fraction of sp³-hybridized carbons (Fsp3) is 0.444. The van der Waals surface area contributed by atoms with Crippen molar-refractivity contribution in [3.8, 4) is 0 Å². The third-order valence-corrected chi connectivity index (χ3v) is 3.50. The molecule has 1 N–H and O–H groups in total. The molecule has 1 aromatic heterocycles. The van der Waals surface area contributed by atoms with Gasteiger partial charge in [0, 0.05) is 12.0 Å². The highest BCUT2D eigenvalue weighted by molar-refractivity contribution is 5.78. The number of hydrogen-bond donors (Lipinski definition) is 1. The molecule has 0 fully saturated rings. The van der Waals surface area contributed by atoms with Gasteiger partial charge in [0.1, 0.15) is 11.6 Å². The molecule has 0 aliphatic carbocycles. The second kappa shape index (κ2) is 6.94. The summed E-state index contributed by atoms with van der Waals surface area (Å²) in [4.78, 5) is 16.4. The first-order valence-corrected chi connectivity index (χ1v) is 7.73. The van der Waals surface area contributed by atoms with E-state index in [2.05, 4.69) is 10.3 Å². The monoisotopic (exact) mass is 318 g/mol. The summed E-state index contributed by atoms with van der Waals surface area (Å²) in [6.45, 7) is 8.41. The first kappa shape index (κ1) is 17.2. The number of nitrogens with zero attached hydrogens (tertiary/aromatic N) is 1. The molecular weight excluding hydrogens is 295 g/mol. The number of oxazole rings is 1. The van der Waals surface area contributed by atoms with Gasteiger partial charge in [0.2, 0.25) is 5.91 Å². The molecule has 0 bridgehead atoms. The molecule has 0 unspecified atom stereocenters. The summed E-state index contributed by atoms with van der Waals surface area (Å²) in [5.41, 5.74) is 1.56. The highest BCUT2D eigenvalue weighted by Crippen LogP contribution is 2.23. The van der Waals surface area contributed by atoms with Crippen LogP contribution in [0.2, 0.25) is 0 Å². The number of carbonyl (C=O) groups is 1. The molecule has 5 heteroatoms. The van der Waals surface area contributed by atoms with Gasteiger partial charge in [0.15, 0.2) is 5.89 Å². The lowest BCUT2D eigenvalue weighted by molar-refractivity contribution is -0.120. The first-order valence-electron chi connectivity index (χ1n) is 7.73. The van der Waals surface area contributed by atoms with Gasteiger partial charge in [-0.15, -0.1) is 0 Å². The molecule has 0 aliphatic heterocycles. The highest BCUT2D eigenvalue weighted by atomic mass is 19.1. The molecule has 2 aromatic rings. The van der Waals surface area contributed by atoms with Gasteiger partial charge in [-0.1, -0.05) is 32.9 Å². The Morgan fingerprint density at radius 3 is 2.48 bits per heavy atom. The predicted molar refractivity (Wildman–Crippen MR) is 86.8 cm³/mol. The molecule has 0 atom stereocenters. The van der Waals surface area contributed by atoms with Gasteiger partial charge < -0.3 is 9.73 Å². The predicted octanol–water partition coefficient (Wildman–Crippen LogP) is 3.32. The minimum Gasteiger partial charge on any atom is -0.444 e. The lowest BCUT2D eigenvalue weighted by Crippen LogP contribution is -2.27. The van der Waals surface area contributed by atoms with Crippen LogP contribution in [0.15, 0.2) is 28.7 Å². The van der Waals surface area contributed by atoms with Crippen molar-refractivity contribution in [2.75, 3.05) is 6.54 Å². The molecule has 0 aliphatic rings. The van der Waals surface area contributed by atoms with Crippen LogP contribution in [0, 0.1) is 12.7 Å². The van der Waals surface area contributed by atoms with Crippen molar-refractivity contribution in [1.29, 1.82) is 0 Å². The average molecular weight is 318 g/mol. The Morgan fingerprint density at radius 1 is 1.26 bits per heavy atom. The van der Waals surface area contributed by atoms with Crippen LogP contribution < -0.4 is 5.32 Å². The lowest BCUT2D eigenvalue weighted by Gasteiger charge is -2.12. The van der Waals surface area contributed by atoms with Gasteiger partial charge in [-0.2, -0.15) is 0 Å². The van der Waals surface area contributed by atoms with Crippen LogP contribution in [0.4, 0.5) is 4.39 Å². The van der Waals surface area contributed by atoms with E-state index < -0.39 is 0 Å². The maximum Gasteiger partial charge on any atom is 0.227 e. The van der Waals surface area contributed by atoms with E-state index in [-0.39, 0.29) is 23.6 Å². The summed E-state index contributed by atoms with van der Waals surface area (Å²) >= 11 is 0. The summed E-state index contributed by atoms with van der Waals surface area (Å²) in [5.74, 6) is 0.887. The van der Waals surface area contributed by atoms with Gasteiger partial charge >= 0.3 is 0 Å². The maximum absolute atomic E-state index is 12.8. The van der Waals surface area contributed by atoms with Gasteiger partial charge in [0.25, 0.3) is 0 Å². The van der Waals surface area contributed by atoms with E-state index in [0.29, 0.717) is 24.6 Å². The second-order valence-corrected chi connectivity index (χ2v) is 6.68. The number of benzene rings is 1. The third-order valence-electron chi connectivity index (χ3n) is 3.50. The summed E-state index contributed by atoms with van der Waals surface area (Å²) in [5, 5.41) is 2.85. The van der Waals surface area contributed by atoms with Crippen LogP contribution in [0.25, 0.3) is 0 Å². The summed E-state index contributed by atoms with van der Waals surface area (Å²) in [6.07, 6.45) is 0.840. The molecule has 0 saturated heterocycles. The molecule has 4 nitrogen and oxygen atoms in total. The fourth-order valence-electron chi connectivity index (χ4n) is 2.12. The lowest BCUT2D eigenvalue weighted by atomic mass is 9.97. The Balaban J connectivity index is 1.85. The van der Waals surface area contributed by atoms with Crippen molar-refractivity contribution < 1.29 is 13.6 Å². The molecular formula is C18H23FN2O2. The van der Waals surface area contributed by atoms with Crippen LogP contribution in [0.3, 0.4) is 0 Å². The number of rotatable bonds is 5. The van der Waals surface area contributed by atoms with Crippen molar-refractivity contribution in [3.63, 3.8) is 0 Å². The van der Waals surface area contributed by atoms with Gasteiger partial charge in [-0.3, -0.25) is 4.79 Å². The average Bonchev–Trinajstić information content (AvgIpc) is 2.82. The molecule has 0 radical (unpaired) electrons. The van der Waals surface area contributed by atoms with Crippen molar-refractivity contribution in [2.24, 2.45) is 0 Å². The number of aryl methyl sites for hydroxylation is 1. The van der Waals surface area contributed by atoms with Gasteiger partial charge in [-0.05, 0) is 31.0 Å². The fourth-order valence-corrected chi connectivity index (χ4v) is 2.12. The van der Waals surface area contributed by atoms with Crippen molar-refractivity contribution in [3.05, 3.63) is 53.0 Å². The zero-order valence-electron chi connectivity index (χ0n) is 14.1. The summed E-state index contributed by atoms with van der Waals surface area (Å²) < 4.78 is 18.5. The van der Waals surface area contributed by atoms with Crippen molar-refractivity contribution in [1.82, 2.24) is 10.3 Å². The zero-order valence-corrected chi connectivity index (χ0v) is 14.1. The van der Waals surface area contributed by atoms with E-state index >= 15 is 0 Å². The van der Waals surface area contributed by atoms with Gasteiger partial charge in [0.05, 0.1) is 12.1 Å². The van der Waals surface area contributed by atoms with Crippen molar-refractivity contribution >= 4 is 5.91 Å². The smallest absolute Gasteiger partial charge is 0.227 e. The number of carbonyl (C=O) groups excluding carboxylic acids is 1. The SMILES string of the molecule is Cc1nc(C(C)(C)C)oc1CC(=O)NCCc1ccc(F)cc1. The maximum atomic E-state index is 12.8. The molecule has 2 rings (SSSR count). The Kier molecular flexibility index (Phi) is 5.19. The number of aromatic nitrogens is 1. The highest BCUT2D eigenvalue weighted by Gasteiger charge is 2.23. The quantitative estimate of drug-likeness (QED) is 0.920. The molecule has 23 heavy (non-hydrogen) atoms. The minimum atomic E-state index is -0.256. The number of nitrogens with one attached hydrogen (secondary N) is 1. The second-order valence-electron chi connectivity index (χ2n) is 6.68. The minimum absolute atomic E-state index is 0.105. The Bertz CT molecular complexity index is 669. The summed E-state index contributed by atoms with van der Waals surface area (Å²) in [7, 11) is 0. The van der Waals surface area contributed by atoms with E-state index in [4.69, 9.17) is 4.42 Å². The molecule has 1 amide bonds. The topological polar surface area (TPSA) is 55.1 Å².